The van der Waals surface area contributed by atoms with Crippen molar-refractivity contribution in [2.45, 2.75) is 32.7 Å². The maximum atomic E-state index is 6.07. The minimum absolute atomic E-state index is 0.0479. The summed E-state index contributed by atoms with van der Waals surface area (Å²) < 4.78 is 5.57. The van der Waals surface area contributed by atoms with Gasteiger partial charge in [-0.3, -0.25) is 0 Å². The van der Waals surface area contributed by atoms with Gasteiger partial charge in [-0.05, 0) is 20.3 Å². The van der Waals surface area contributed by atoms with Crippen molar-refractivity contribution >= 4 is 58.0 Å². The third-order valence-electron chi connectivity index (χ3n) is 3.01. The van der Waals surface area contributed by atoms with E-state index in [1.807, 2.05) is 0 Å². The lowest BCUT2D eigenvalue weighted by atomic mass is 10.0. The molecule has 0 saturated carbocycles. The molecule has 0 unspecified atom stereocenters. The Morgan fingerprint density at radius 1 is 0.900 bits per heavy atom. The fourth-order valence-corrected chi connectivity index (χ4v) is 2.61. The van der Waals surface area contributed by atoms with E-state index in [-0.39, 0.29) is 36.4 Å². The van der Waals surface area contributed by atoms with E-state index in [4.69, 9.17) is 62.7 Å². The molecule has 0 heterocycles. The van der Waals surface area contributed by atoms with Crippen LogP contribution in [0.2, 0.25) is 25.1 Å². The summed E-state index contributed by atoms with van der Waals surface area (Å²) >= 11 is 30.0. The number of nitrogens with one attached hydrogen (secondary N) is 1. The lowest BCUT2D eigenvalue weighted by Gasteiger charge is -2.24. The van der Waals surface area contributed by atoms with Crippen LogP contribution >= 0.6 is 58.0 Å². The molecule has 1 aromatic carbocycles. The molecule has 0 aliphatic heterocycles. The molecule has 114 valence electrons. The van der Waals surface area contributed by atoms with E-state index in [2.05, 4.69) is 26.1 Å². The Hall–Kier alpha value is 0.430. The van der Waals surface area contributed by atoms with Crippen LogP contribution in [-0.2, 0) is 0 Å². The summed E-state index contributed by atoms with van der Waals surface area (Å²) in [6, 6.07) is 0. The van der Waals surface area contributed by atoms with E-state index in [1.165, 1.54) is 0 Å². The second-order valence-corrected chi connectivity index (χ2v) is 6.80. The Morgan fingerprint density at radius 2 is 1.35 bits per heavy atom. The lowest BCUT2D eigenvalue weighted by Crippen LogP contribution is -2.40. The highest BCUT2D eigenvalue weighted by Crippen LogP contribution is 2.48. The fourth-order valence-electron chi connectivity index (χ4n) is 1.38. The van der Waals surface area contributed by atoms with Gasteiger partial charge in [0.05, 0.1) is 15.1 Å². The van der Waals surface area contributed by atoms with Crippen LogP contribution in [0.15, 0.2) is 0 Å². The highest BCUT2D eigenvalue weighted by Gasteiger charge is 2.20. The highest BCUT2D eigenvalue weighted by atomic mass is 35.5. The van der Waals surface area contributed by atoms with Crippen molar-refractivity contribution < 1.29 is 4.74 Å². The lowest BCUT2D eigenvalue weighted by molar-refractivity contribution is 0.281. The number of rotatable bonds is 6. The highest BCUT2D eigenvalue weighted by molar-refractivity contribution is 6.55. The van der Waals surface area contributed by atoms with Crippen LogP contribution in [0, 0.1) is 0 Å². The van der Waals surface area contributed by atoms with Crippen molar-refractivity contribution in [1.29, 1.82) is 0 Å². The van der Waals surface area contributed by atoms with Crippen LogP contribution in [0.3, 0.4) is 0 Å². The number of halogens is 5. The summed E-state index contributed by atoms with van der Waals surface area (Å²) in [7, 11) is 0. The van der Waals surface area contributed by atoms with Crippen molar-refractivity contribution in [3.63, 3.8) is 0 Å². The number of ether oxygens (including phenoxy) is 1. The molecule has 0 aliphatic rings. The van der Waals surface area contributed by atoms with Crippen molar-refractivity contribution in [2.75, 3.05) is 13.2 Å². The molecule has 0 spiro atoms. The Bertz CT molecular complexity index is 461. The zero-order valence-corrected chi connectivity index (χ0v) is 15.2. The molecule has 7 heteroatoms. The largest absolute Gasteiger partial charge is 0.489 e. The molecule has 0 fully saturated rings. The van der Waals surface area contributed by atoms with Crippen molar-refractivity contribution in [2.24, 2.45) is 0 Å². The van der Waals surface area contributed by atoms with Gasteiger partial charge in [0.25, 0.3) is 0 Å². The summed E-state index contributed by atoms with van der Waals surface area (Å²) in [4.78, 5) is 0. The third-order valence-corrected chi connectivity index (χ3v) is 5.25. The van der Waals surface area contributed by atoms with Crippen LogP contribution < -0.4 is 10.1 Å². The Morgan fingerprint density at radius 3 is 1.80 bits per heavy atom. The predicted octanol–water partition coefficient (Wildman–Crippen LogP) is 6.11. The first-order chi connectivity index (χ1) is 9.21. The van der Waals surface area contributed by atoms with Gasteiger partial charge in [0, 0.05) is 12.1 Å². The number of benzene rings is 1. The average molecular weight is 380 g/mol. The first-order valence-electron chi connectivity index (χ1n) is 6.10. The molecule has 2 nitrogen and oxygen atoms in total. The van der Waals surface area contributed by atoms with Crippen LogP contribution in [0.5, 0.6) is 5.75 Å². The van der Waals surface area contributed by atoms with Gasteiger partial charge >= 0.3 is 0 Å². The molecule has 0 atom stereocenters. The van der Waals surface area contributed by atoms with Gasteiger partial charge < -0.3 is 10.1 Å². The summed E-state index contributed by atoms with van der Waals surface area (Å²) in [5.74, 6) is 0.254. The minimum atomic E-state index is 0.0479. The third kappa shape index (κ3) is 4.46. The Kier molecular flexibility index (Phi) is 7.04. The smallest absolute Gasteiger partial charge is 0.159 e. The van der Waals surface area contributed by atoms with E-state index in [1.54, 1.807) is 0 Å². The van der Waals surface area contributed by atoms with Gasteiger partial charge in [-0.15, -0.1) is 0 Å². The van der Waals surface area contributed by atoms with Crippen molar-refractivity contribution in [3.8, 4) is 5.75 Å². The average Bonchev–Trinajstić information content (AvgIpc) is 2.42. The summed E-state index contributed by atoms with van der Waals surface area (Å²) in [5, 5.41) is 4.09. The summed E-state index contributed by atoms with van der Waals surface area (Å²) in [5.41, 5.74) is 0.0479. The molecule has 0 bridgehead atoms. The Labute approximate surface area is 144 Å². The van der Waals surface area contributed by atoms with Gasteiger partial charge in [-0.2, -0.15) is 0 Å². The molecule has 0 aromatic heterocycles. The van der Waals surface area contributed by atoms with E-state index in [0.29, 0.717) is 13.2 Å². The van der Waals surface area contributed by atoms with Crippen molar-refractivity contribution in [3.05, 3.63) is 25.1 Å². The second kappa shape index (κ2) is 7.62. The quantitative estimate of drug-likeness (QED) is 0.366. The molecular formula is C13H16Cl5NO. The zero-order valence-electron chi connectivity index (χ0n) is 11.4. The Balaban J connectivity index is 2.75. The molecule has 1 N–H and O–H groups in total. The molecule has 1 aromatic rings. The van der Waals surface area contributed by atoms with Crippen LogP contribution in [0.4, 0.5) is 0 Å². The monoisotopic (exact) mass is 377 g/mol. The molecular weight excluding hydrogens is 363 g/mol. The molecule has 0 radical (unpaired) electrons. The summed E-state index contributed by atoms with van der Waals surface area (Å²) in [6.07, 6.45) is 1.01. The standard InChI is InChI=1S/C13H16Cl5NO/c1-4-13(2,3)19-5-6-20-12-10(17)8(15)7(14)9(16)11(12)18/h19H,4-6H2,1-3H3. The van der Waals surface area contributed by atoms with E-state index < -0.39 is 0 Å². The molecule has 20 heavy (non-hydrogen) atoms. The van der Waals surface area contributed by atoms with E-state index in [9.17, 15) is 0 Å². The first-order valence-corrected chi connectivity index (χ1v) is 7.99. The zero-order chi connectivity index (χ0) is 15.5. The predicted molar refractivity (Wildman–Crippen MR) is 89.4 cm³/mol. The molecule has 0 aliphatic carbocycles. The van der Waals surface area contributed by atoms with Gasteiger partial charge in [0.2, 0.25) is 0 Å². The second-order valence-electron chi connectivity index (χ2n) is 4.91. The van der Waals surface area contributed by atoms with Crippen LogP contribution in [0.1, 0.15) is 27.2 Å². The molecule has 1 rings (SSSR count). The number of hydrogen-bond acceptors (Lipinski definition) is 2. The number of hydrogen-bond donors (Lipinski definition) is 1. The molecule has 0 saturated heterocycles. The molecule has 0 amide bonds. The van der Waals surface area contributed by atoms with Gasteiger partial charge in [0.15, 0.2) is 5.75 Å². The minimum Gasteiger partial charge on any atom is -0.489 e. The van der Waals surface area contributed by atoms with Crippen LogP contribution in [-0.4, -0.2) is 18.7 Å². The normalized spacial score (nSPS) is 11.8. The summed E-state index contributed by atoms with van der Waals surface area (Å²) in [6.45, 7) is 7.37. The fraction of sp³-hybridized carbons (Fsp3) is 0.538. The van der Waals surface area contributed by atoms with Crippen molar-refractivity contribution in [1.82, 2.24) is 5.32 Å². The SMILES string of the molecule is CCC(C)(C)NCCOc1c(Cl)c(Cl)c(Cl)c(Cl)c1Cl. The topological polar surface area (TPSA) is 21.3 Å². The maximum absolute atomic E-state index is 6.07. The van der Waals surface area contributed by atoms with Gasteiger partial charge in [0.1, 0.15) is 16.7 Å². The first kappa shape index (κ1) is 18.5. The van der Waals surface area contributed by atoms with E-state index >= 15 is 0 Å². The van der Waals surface area contributed by atoms with Gasteiger partial charge in [-0.25, -0.2) is 0 Å². The van der Waals surface area contributed by atoms with Crippen LogP contribution in [0.25, 0.3) is 0 Å². The van der Waals surface area contributed by atoms with Gasteiger partial charge in [-0.1, -0.05) is 64.9 Å². The maximum Gasteiger partial charge on any atom is 0.159 e. The van der Waals surface area contributed by atoms with E-state index in [0.717, 1.165) is 6.42 Å².